The average molecular weight is 925 g/mol. The Bertz CT molecular complexity index is 1480. The van der Waals surface area contributed by atoms with Crippen molar-refractivity contribution in [3.8, 4) is 0 Å². The zero-order valence-corrected chi connectivity index (χ0v) is 42.9. The highest BCUT2D eigenvalue weighted by molar-refractivity contribution is 5.71. The van der Waals surface area contributed by atoms with Gasteiger partial charge in [0, 0.05) is 19.3 Å². The number of esters is 3. The predicted molar refractivity (Wildman–Crippen MR) is 288 cm³/mol. The van der Waals surface area contributed by atoms with Crippen molar-refractivity contribution in [2.45, 2.75) is 219 Å². The number of carbonyl (C=O) groups is 3. The minimum Gasteiger partial charge on any atom is -0.462 e. The number of hydrogen-bond donors (Lipinski definition) is 0. The first-order chi connectivity index (χ1) is 33.0. The molecule has 0 bridgehead atoms. The highest BCUT2D eigenvalue weighted by Gasteiger charge is 2.19. The molecule has 67 heavy (non-hydrogen) atoms. The van der Waals surface area contributed by atoms with Crippen LogP contribution in [0.25, 0.3) is 0 Å². The van der Waals surface area contributed by atoms with E-state index < -0.39 is 6.10 Å². The van der Waals surface area contributed by atoms with E-state index in [0.717, 1.165) is 141 Å². The smallest absolute Gasteiger partial charge is 0.306 e. The molecule has 0 aliphatic carbocycles. The van der Waals surface area contributed by atoms with Crippen LogP contribution in [-0.2, 0) is 28.6 Å². The average Bonchev–Trinajstić information content (AvgIpc) is 3.33. The number of unbranched alkanes of at least 4 members (excludes halogenated alkanes) is 13. The first kappa shape index (κ1) is 62.5. The van der Waals surface area contributed by atoms with Gasteiger partial charge in [-0.25, -0.2) is 0 Å². The molecule has 1 atom stereocenters. The molecule has 0 spiro atoms. The van der Waals surface area contributed by atoms with Crippen molar-refractivity contribution in [3.05, 3.63) is 134 Å². The third-order valence-electron chi connectivity index (χ3n) is 10.6. The number of hydrogen-bond acceptors (Lipinski definition) is 6. The van der Waals surface area contributed by atoms with Crippen LogP contribution in [0.5, 0.6) is 0 Å². The fourth-order valence-electron chi connectivity index (χ4n) is 6.67. The lowest BCUT2D eigenvalue weighted by Crippen LogP contribution is -2.30. The lowest BCUT2D eigenvalue weighted by Gasteiger charge is -2.18. The molecule has 0 aromatic heterocycles. The van der Waals surface area contributed by atoms with Gasteiger partial charge in [0.2, 0.25) is 0 Å². The molecular weight excluding hydrogens is 829 g/mol. The maximum atomic E-state index is 12.8. The van der Waals surface area contributed by atoms with E-state index >= 15 is 0 Å². The van der Waals surface area contributed by atoms with Crippen molar-refractivity contribution in [1.29, 1.82) is 0 Å². The van der Waals surface area contributed by atoms with Crippen LogP contribution in [-0.4, -0.2) is 37.2 Å². The summed E-state index contributed by atoms with van der Waals surface area (Å²) in [6.45, 7) is 6.28. The van der Waals surface area contributed by atoms with Gasteiger partial charge in [0.05, 0.1) is 0 Å². The summed E-state index contributed by atoms with van der Waals surface area (Å²) in [5.74, 6) is -1.02. The maximum Gasteiger partial charge on any atom is 0.306 e. The van der Waals surface area contributed by atoms with E-state index in [1.165, 1.54) is 25.7 Å². The largest absolute Gasteiger partial charge is 0.462 e. The Morgan fingerprint density at radius 2 is 0.597 bits per heavy atom. The van der Waals surface area contributed by atoms with Gasteiger partial charge in [-0.05, 0) is 128 Å². The molecule has 6 nitrogen and oxygen atoms in total. The van der Waals surface area contributed by atoms with Gasteiger partial charge < -0.3 is 14.2 Å². The van der Waals surface area contributed by atoms with E-state index in [0.29, 0.717) is 12.8 Å². The molecule has 376 valence electrons. The monoisotopic (exact) mass is 925 g/mol. The zero-order chi connectivity index (χ0) is 48.6. The number of carbonyl (C=O) groups excluding carboxylic acids is 3. The second-order valence-corrected chi connectivity index (χ2v) is 17.0. The van der Waals surface area contributed by atoms with E-state index in [1.807, 2.05) is 0 Å². The Labute approximate surface area is 411 Å². The summed E-state index contributed by atoms with van der Waals surface area (Å²) in [5.41, 5.74) is 0. The molecule has 0 aliphatic heterocycles. The van der Waals surface area contributed by atoms with Crippen LogP contribution < -0.4 is 0 Å². The number of rotatable bonds is 46. The zero-order valence-electron chi connectivity index (χ0n) is 42.9. The fraction of sp³-hybridized carbons (Fsp3) is 0.590. The summed E-state index contributed by atoms with van der Waals surface area (Å²) in [7, 11) is 0. The van der Waals surface area contributed by atoms with E-state index in [2.05, 4.69) is 154 Å². The van der Waals surface area contributed by atoms with Crippen LogP contribution in [0.15, 0.2) is 134 Å². The second kappa shape index (κ2) is 54.2. The summed E-state index contributed by atoms with van der Waals surface area (Å²) < 4.78 is 16.7. The van der Waals surface area contributed by atoms with Crippen LogP contribution in [0.1, 0.15) is 213 Å². The molecule has 0 amide bonds. The molecule has 0 unspecified atom stereocenters. The number of allylic oxidation sites excluding steroid dienone is 22. The first-order valence-corrected chi connectivity index (χ1v) is 26.7. The van der Waals surface area contributed by atoms with Crippen molar-refractivity contribution >= 4 is 17.9 Å². The van der Waals surface area contributed by atoms with E-state index in [1.54, 1.807) is 0 Å². The predicted octanol–water partition coefficient (Wildman–Crippen LogP) is 17.9. The maximum absolute atomic E-state index is 12.8. The summed E-state index contributed by atoms with van der Waals surface area (Å²) in [6, 6.07) is 0. The first-order valence-electron chi connectivity index (χ1n) is 26.7. The standard InChI is InChI=1S/C61H96O6/c1-4-7-10-13-16-19-22-25-28-30-33-35-38-41-44-47-50-53-59(62)65-56-58(67-61(64)55-52-49-46-43-40-37-32-27-24-21-18-15-12-9-6-3)57-66-60(63)54-51-48-45-42-39-36-34-31-29-26-23-20-17-14-11-8-5-2/h7,9-10,12,16-21,25-29,32-36,42,45,58H,4-6,8,11,13-15,22-24,30-31,37-41,43-44,46-57H2,1-3H3/b10-7-,12-9-,19-16-,20-17-,21-18-,28-25-,29-26-,32-27-,35-33-,36-34-,45-42-/t58-/m1/s1. The summed E-state index contributed by atoms with van der Waals surface area (Å²) >= 11 is 0. The van der Waals surface area contributed by atoms with Crippen molar-refractivity contribution in [1.82, 2.24) is 0 Å². The Balaban J connectivity index is 4.57. The highest BCUT2D eigenvalue weighted by atomic mass is 16.6. The normalized spacial score (nSPS) is 13.2. The van der Waals surface area contributed by atoms with Crippen molar-refractivity contribution in [3.63, 3.8) is 0 Å². The summed E-state index contributed by atoms with van der Waals surface area (Å²) in [6.07, 6.45) is 75.8. The molecule has 0 saturated carbocycles. The molecule has 0 rings (SSSR count). The molecule has 6 heteroatoms. The van der Waals surface area contributed by atoms with Crippen molar-refractivity contribution in [2.24, 2.45) is 0 Å². The fourth-order valence-corrected chi connectivity index (χ4v) is 6.67. The van der Waals surface area contributed by atoms with Crippen LogP contribution in [0.3, 0.4) is 0 Å². The van der Waals surface area contributed by atoms with E-state index in [9.17, 15) is 14.4 Å². The van der Waals surface area contributed by atoms with Crippen molar-refractivity contribution in [2.75, 3.05) is 13.2 Å². The third kappa shape index (κ3) is 52.4. The molecule has 0 aromatic rings. The van der Waals surface area contributed by atoms with Gasteiger partial charge in [-0.1, -0.05) is 199 Å². The Kier molecular flexibility index (Phi) is 50.6. The summed E-state index contributed by atoms with van der Waals surface area (Å²) in [5, 5.41) is 0. The minimum atomic E-state index is -0.825. The quantitative estimate of drug-likeness (QED) is 0.0262. The van der Waals surface area contributed by atoms with Gasteiger partial charge in [0.15, 0.2) is 6.10 Å². The van der Waals surface area contributed by atoms with E-state index in [-0.39, 0.29) is 44.0 Å². The Morgan fingerprint density at radius 1 is 0.313 bits per heavy atom. The number of ether oxygens (including phenoxy) is 3. The molecule has 0 heterocycles. The molecule has 0 saturated heterocycles. The Morgan fingerprint density at radius 3 is 0.970 bits per heavy atom. The SMILES string of the molecule is CC/C=C\C/C=C\C/C=C\C/C=C\CCCCCCC(=O)OC[C@H](COC(=O)CCC/C=C\C/C=C\C/C=C\C/C=C\CCCCC)OC(=O)CCCCCCC/C=C\C/C=C\C/C=C\CC. The minimum absolute atomic E-state index is 0.120. The molecule has 0 fully saturated rings. The van der Waals surface area contributed by atoms with Crippen LogP contribution in [0, 0.1) is 0 Å². The molecule has 0 radical (unpaired) electrons. The van der Waals surface area contributed by atoms with Gasteiger partial charge in [-0.2, -0.15) is 0 Å². The molecule has 0 N–H and O–H groups in total. The Hall–Kier alpha value is -4.45. The van der Waals surface area contributed by atoms with Gasteiger partial charge in [0.25, 0.3) is 0 Å². The van der Waals surface area contributed by atoms with E-state index in [4.69, 9.17) is 14.2 Å². The third-order valence-corrected chi connectivity index (χ3v) is 10.6. The van der Waals surface area contributed by atoms with Crippen molar-refractivity contribution < 1.29 is 28.6 Å². The second-order valence-electron chi connectivity index (χ2n) is 17.0. The topological polar surface area (TPSA) is 78.9 Å². The molecule has 0 aromatic carbocycles. The molecule has 0 aliphatic rings. The van der Waals surface area contributed by atoms with Gasteiger partial charge >= 0.3 is 17.9 Å². The molecular formula is C61H96O6. The lowest BCUT2D eigenvalue weighted by molar-refractivity contribution is -0.167. The summed E-state index contributed by atoms with van der Waals surface area (Å²) in [4.78, 5) is 38.0. The van der Waals surface area contributed by atoms with Crippen LogP contribution >= 0.6 is 0 Å². The van der Waals surface area contributed by atoms with Gasteiger partial charge in [-0.15, -0.1) is 0 Å². The lowest BCUT2D eigenvalue weighted by atomic mass is 10.1. The van der Waals surface area contributed by atoms with Crippen LogP contribution in [0.4, 0.5) is 0 Å². The van der Waals surface area contributed by atoms with Crippen LogP contribution in [0.2, 0.25) is 0 Å². The van der Waals surface area contributed by atoms with Gasteiger partial charge in [-0.3, -0.25) is 14.4 Å². The van der Waals surface area contributed by atoms with Gasteiger partial charge in [0.1, 0.15) is 13.2 Å². The highest BCUT2D eigenvalue weighted by Crippen LogP contribution is 2.12.